The summed E-state index contributed by atoms with van der Waals surface area (Å²) in [5.41, 5.74) is 3.73. The van der Waals surface area contributed by atoms with Gasteiger partial charge in [0, 0.05) is 38.2 Å². The summed E-state index contributed by atoms with van der Waals surface area (Å²) >= 11 is 0. The van der Waals surface area contributed by atoms with Crippen molar-refractivity contribution in [2.24, 2.45) is 0 Å². The molecule has 7 heteroatoms. The molecule has 3 atom stereocenters. The molecule has 0 radical (unpaired) electrons. The van der Waals surface area contributed by atoms with Gasteiger partial charge in [-0.3, -0.25) is 4.90 Å². The van der Waals surface area contributed by atoms with Crippen molar-refractivity contribution in [1.29, 1.82) is 0 Å². The van der Waals surface area contributed by atoms with Crippen LogP contribution in [0.5, 0.6) is 0 Å². The van der Waals surface area contributed by atoms with Crippen molar-refractivity contribution in [2.45, 2.75) is 42.7 Å². The van der Waals surface area contributed by atoms with Crippen LogP contribution in [-0.2, 0) is 14.8 Å². The van der Waals surface area contributed by atoms with Crippen molar-refractivity contribution in [3.63, 3.8) is 0 Å². The maximum absolute atomic E-state index is 13.7. The zero-order valence-electron chi connectivity index (χ0n) is 20.8. The summed E-state index contributed by atoms with van der Waals surface area (Å²) in [6.45, 7) is 4.37. The van der Waals surface area contributed by atoms with Crippen LogP contribution < -0.4 is 0 Å². The Bertz CT molecular complexity index is 1310. The number of halogens is 1. The van der Waals surface area contributed by atoms with Gasteiger partial charge in [0.15, 0.2) is 0 Å². The number of sulfonamides is 1. The van der Waals surface area contributed by atoms with E-state index in [1.54, 1.807) is 29.6 Å². The SMILES string of the molecule is COCC1[C@@H](c2ccc(-c3cccc(F)c3)cc2)[C@@H]2CN(S(=O)(=O)c3ccccc3C)CCCCN12. The second-order valence-corrected chi connectivity index (χ2v) is 11.7. The number of hydrogen-bond donors (Lipinski definition) is 0. The molecule has 0 spiro atoms. The van der Waals surface area contributed by atoms with Crippen LogP contribution in [0.1, 0.15) is 29.9 Å². The predicted octanol–water partition coefficient (Wildman–Crippen LogP) is 5.07. The van der Waals surface area contributed by atoms with Crippen molar-refractivity contribution in [3.05, 3.63) is 89.7 Å². The van der Waals surface area contributed by atoms with E-state index in [-0.39, 0.29) is 23.8 Å². The van der Waals surface area contributed by atoms with Gasteiger partial charge in [-0.15, -0.1) is 0 Å². The maximum atomic E-state index is 13.7. The number of aryl methyl sites for hydroxylation is 1. The first kappa shape index (κ1) is 25.1. The normalized spacial score (nSPS) is 23.4. The van der Waals surface area contributed by atoms with Crippen molar-refractivity contribution in [1.82, 2.24) is 9.21 Å². The third kappa shape index (κ3) is 4.73. The van der Waals surface area contributed by atoms with E-state index in [9.17, 15) is 12.8 Å². The van der Waals surface area contributed by atoms with E-state index < -0.39 is 10.0 Å². The minimum absolute atomic E-state index is 0.0734. The number of nitrogens with zero attached hydrogens (tertiary/aromatic N) is 2. The number of benzene rings is 3. The lowest BCUT2D eigenvalue weighted by Gasteiger charge is -2.57. The third-order valence-electron chi connectivity index (χ3n) is 7.65. The Balaban J connectivity index is 1.45. The van der Waals surface area contributed by atoms with E-state index in [2.05, 4.69) is 17.0 Å². The van der Waals surface area contributed by atoms with Crippen molar-refractivity contribution in [3.8, 4) is 11.1 Å². The molecule has 0 aromatic heterocycles. The predicted molar refractivity (Wildman–Crippen MR) is 140 cm³/mol. The second-order valence-electron chi connectivity index (χ2n) is 9.82. The summed E-state index contributed by atoms with van der Waals surface area (Å²) in [6.07, 6.45) is 1.78. The molecule has 5 rings (SSSR count). The van der Waals surface area contributed by atoms with Gasteiger partial charge >= 0.3 is 0 Å². The Labute approximate surface area is 213 Å². The Kier molecular flexibility index (Phi) is 7.26. The zero-order chi connectivity index (χ0) is 25.3. The largest absolute Gasteiger partial charge is 0.383 e. The molecular formula is C29H33FN2O3S. The molecule has 5 nitrogen and oxygen atoms in total. The van der Waals surface area contributed by atoms with Crippen molar-refractivity contribution >= 4 is 10.0 Å². The van der Waals surface area contributed by atoms with Gasteiger partial charge in [0.05, 0.1) is 11.5 Å². The van der Waals surface area contributed by atoms with Gasteiger partial charge in [0.25, 0.3) is 0 Å². The van der Waals surface area contributed by atoms with Crippen LogP contribution in [0.2, 0.25) is 0 Å². The van der Waals surface area contributed by atoms with Crippen molar-refractivity contribution in [2.75, 3.05) is 33.4 Å². The molecule has 0 amide bonds. The highest BCUT2D eigenvalue weighted by Crippen LogP contribution is 2.43. The van der Waals surface area contributed by atoms with E-state index in [4.69, 9.17) is 4.74 Å². The quantitative estimate of drug-likeness (QED) is 0.467. The molecule has 3 aromatic rings. The van der Waals surface area contributed by atoms with Crippen LogP contribution in [0.25, 0.3) is 11.1 Å². The Morgan fingerprint density at radius 3 is 2.42 bits per heavy atom. The molecule has 2 aliphatic rings. The monoisotopic (exact) mass is 508 g/mol. The highest BCUT2D eigenvalue weighted by molar-refractivity contribution is 7.89. The van der Waals surface area contributed by atoms with Gasteiger partial charge in [-0.25, -0.2) is 12.8 Å². The summed E-state index contributed by atoms with van der Waals surface area (Å²) in [7, 11) is -1.88. The molecule has 0 saturated carbocycles. The molecule has 2 saturated heterocycles. The molecule has 3 aromatic carbocycles. The molecule has 36 heavy (non-hydrogen) atoms. The van der Waals surface area contributed by atoms with Gasteiger partial charge in [-0.1, -0.05) is 54.6 Å². The highest BCUT2D eigenvalue weighted by atomic mass is 32.2. The van der Waals surface area contributed by atoms with Gasteiger partial charge in [-0.2, -0.15) is 4.31 Å². The average Bonchev–Trinajstić information content (AvgIpc) is 2.85. The number of hydrogen-bond acceptors (Lipinski definition) is 4. The first-order valence-corrected chi connectivity index (χ1v) is 14.0. The smallest absolute Gasteiger partial charge is 0.243 e. The molecule has 2 fully saturated rings. The lowest BCUT2D eigenvalue weighted by molar-refractivity contribution is -0.0635. The molecule has 2 heterocycles. The number of fused-ring (bicyclic) bond motifs is 1. The Morgan fingerprint density at radius 1 is 0.944 bits per heavy atom. The average molecular weight is 509 g/mol. The number of ether oxygens (including phenoxy) is 1. The fraction of sp³-hybridized carbons (Fsp3) is 0.379. The molecule has 0 aliphatic carbocycles. The van der Waals surface area contributed by atoms with Crippen LogP contribution in [0, 0.1) is 12.7 Å². The Morgan fingerprint density at radius 2 is 1.69 bits per heavy atom. The maximum Gasteiger partial charge on any atom is 0.243 e. The van der Waals surface area contributed by atoms with Crippen LogP contribution in [0.15, 0.2) is 77.7 Å². The van der Waals surface area contributed by atoms with Gasteiger partial charge in [-0.05, 0) is 66.8 Å². The fourth-order valence-corrected chi connectivity index (χ4v) is 7.55. The summed E-state index contributed by atoms with van der Waals surface area (Å²) in [5.74, 6) is -0.102. The lowest BCUT2D eigenvalue weighted by Crippen LogP contribution is -2.68. The topological polar surface area (TPSA) is 49.9 Å². The summed E-state index contributed by atoms with van der Waals surface area (Å²) in [5, 5.41) is 0. The van der Waals surface area contributed by atoms with Crippen molar-refractivity contribution < 1.29 is 17.5 Å². The fourth-order valence-electron chi connectivity index (χ4n) is 5.83. The lowest BCUT2D eigenvalue weighted by atomic mass is 9.74. The molecular weight excluding hydrogens is 475 g/mol. The summed E-state index contributed by atoms with van der Waals surface area (Å²) in [6, 6.07) is 22.4. The van der Waals surface area contributed by atoms with E-state index in [0.29, 0.717) is 24.6 Å². The third-order valence-corrected chi connectivity index (χ3v) is 9.67. The van der Waals surface area contributed by atoms with Gasteiger partial charge in [0.2, 0.25) is 10.0 Å². The molecule has 190 valence electrons. The molecule has 0 N–H and O–H groups in total. The first-order valence-electron chi connectivity index (χ1n) is 12.6. The van der Waals surface area contributed by atoms with Crippen LogP contribution in [0.3, 0.4) is 0 Å². The minimum Gasteiger partial charge on any atom is -0.383 e. The minimum atomic E-state index is -3.60. The van der Waals surface area contributed by atoms with E-state index >= 15 is 0 Å². The second kappa shape index (κ2) is 10.4. The highest BCUT2D eigenvalue weighted by Gasteiger charge is 2.50. The van der Waals surface area contributed by atoms with Crippen LogP contribution in [-0.4, -0.2) is 63.1 Å². The summed E-state index contributed by atoms with van der Waals surface area (Å²) < 4.78 is 48.4. The molecule has 1 unspecified atom stereocenters. The standard InChI is InChI=1S/C29H33FN2O3S/c1-21-8-3-4-11-28(21)36(33,34)31-16-5-6-17-32-26(19-31)29(27(32)20-35-2)23-14-12-22(13-15-23)24-9-7-10-25(30)18-24/h3-4,7-15,18,26-27,29H,5-6,16-17,19-20H2,1-2H3/t26-,27?,29-/m0/s1. The van der Waals surface area contributed by atoms with E-state index in [1.807, 2.05) is 37.3 Å². The molecule has 2 aliphatic heterocycles. The first-order chi connectivity index (χ1) is 17.4. The van der Waals surface area contributed by atoms with Crippen LogP contribution in [0.4, 0.5) is 4.39 Å². The zero-order valence-corrected chi connectivity index (χ0v) is 21.6. The van der Waals surface area contributed by atoms with Gasteiger partial charge < -0.3 is 4.74 Å². The van der Waals surface area contributed by atoms with Crippen LogP contribution >= 0.6 is 0 Å². The molecule has 0 bridgehead atoms. The summed E-state index contributed by atoms with van der Waals surface area (Å²) in [4.78, 5) is 2.81. The van der Waals surface area contributed by atoms with E-state index in [1.165, 1.54) is 12.1 Å². The number of rotatable bonds is 6. The Hall–Kier alpha value is -2.58. The van der Waals surface area contributed by atoms with Gasteiger partial charge in [0.1, 0.15) is 5.82 Å². The number of methoxy groups -OCH3 is 1. The van der Waals surface area contributed by atoms with E-state index in [0.717, 1.165) is 41.6 Å².